The van der Waals surface area contributed by atoms with Crippen LogP contribution in [0.5, 0.6) is 0 Å². The summed E-state index contributed by atoms with van der Waals surface area (Å²) in [6.45, 7) is 6.12. The van der Waals surface area contributed by atoms with Crippen molar-refractivity contribution >= 4 is 23.2 Å². The minimum absolute atomic E-state index is 0.158. The van der Waals surface area contributed by atoms with Gasteiger partial charge in [0, 0.05) is 23.2 Å². The molecular weight excluding hydrogens is 372 g/mol. The molecule has 3 aromatic rings. The van der Waals surface area contributed by atoms with E-state index in [0.29, 0.717) is 22.7 Å². The molecule has 1 aromatic carbocycles. The second-order valence-corrected chi connectivity index (χ2v) is 8.85. The van der Waals surface area contributed by atoms with E-state index in [2.05, 4.69) is 5.32 Å². The summed E-state index contributed by atoms with van der Waals surface area (Å²) in [4.78, 5) is 29.0. The summed E-state index contributed by atoms with van der Waals surface area (Å²) < 4.78 is 5.73. The Morgan fingerprint density at radius 1 is 1.18 bits per heavy atom. The Balaban J connectivity index is 1.84. The number of thiophene rings is 1. The molecule has 0 spiro atoms. The molecule has 6 heteroatoms. The van der Waals surface area contributed by atoms with Crippen LogP contribution in [0.1, 0.15) is 47.6 Å². The van der Waals surface area contributed by atoms with Gasteiger partial charge in [0.05, 0.1) is 6.26 Å². The van der Waals surface area contributed by atoms with Crippen molar-refractivity contribution in [1.82, 2.24) is 10.2 Å². The van der Waals surface area contributed by atoms with E-state index in [0.717, 1.165) is 11.1 Å². The molecule has 1 atom stereocenters. The Morgan fingerprint density at radius 3 is 2.64 bits per heavy atom. The number of furan rings is 1. The molecular formula is C22H22N2O3S. The van der Waals surface area contributed by atoms with Crippen LogP contribution in [-0.4, -0.2) is 22.3 Å². The molecule has 28 heavy (non-hydrogen) atoms. The van der Waals surface area contributed by atoms with Gasteiger partial charge in [-0.3, -0.25) is 9.59 Å². The van der Waals surface area contributed by atoms with E-state index in [1.165, 1.54) is 11.3 Å². The molecule has 2 amide bonds. The van der Waals surface area contributed by atoms with Crippen molar-refractivity contribution < 1.29 is 14.0 Å². The van der Waals surface area contributed by atoms with Crippen molar-refractivity contribution in [2.24, 2.45) is 0 Å². The minimum Gasteiger partial charge on any atom is -0.464 e. The Hall–Kier alpha value is -2.86. The lowest BCUT2D eigenvalue weighted by molar-refractivity contribution is -0.127. The first-order valence-electron chi connectivity index (χ1n) is 9.17. The predicted molar refractivity (Wildman–Crippen MR) is 109 cm³/mol. The van der Waals surface area contributed by atoms with Gasteiger partial charge >= 0.3 is 0 Å². The summed E-state index contributed by atoms with van der Waals surface area (Å²) in [5.41, 5.74) is 2.01. The average Bonchev–Trinajstić information content (AvgIpc) is 3.27. The lowest BCUT2D eigenvalue weighted by Crippen LogP contribution is -2.48. The quantitative estimate of drug-likeness (QED) is 0.705. The Bertz CT molecular complexity index is 1010. The molecule has 5 nitrogen and oxygen atoms in total. The third-order valence-corrected chi connectivity index (χ3v) is 5.51. The highest BCUT2D eigenvalue weighted by Gasteiger charge is 2.40. The number of hydrogen-bond acceptors (Lipinski definition) is 4. The molecule has 1 unspecified atom stereocenters. The predicted octanol–water partition coefficient (Wildman–Crippen LogP) is 4.62. The second kappa shape index (κ2) is 6.95. The summed E-state index contributed by atoms with van der Waals surface area (Å²) in [7, 11) is 0. The van der Waals surface area contributed by atoms with Gasteiger partial charge in [-0.25, -0.2) is 0 Å². The van der Waals surface area contributed by atoms with Crippen molar-refractivity contribution in [3.63, 3.8) is 0 Å². The fourth-order valence-electron chi connectivity index (χ4n) is 3.49. The highest BCUT2D eigenvalue weighted by atomic mass is 32.1. The van der Waals surface area contributed by atoms with Crippen LogP contribution in [0.4, 0.5) is 0 Å². The van der Waals surface area contributed by atoms with Crippen LogP contribution in [0.15, 0.2) is 58.5 Å². The van der Waals surface area contributed by atoms with Crippen molar-refractivity contribution in [2.45, 2.75) is 38.9 Å². The van der Waals surface area contributed by atoms with Gasteiger partial charge in [0.2, 0.25) is 5.91 Å². The standard InChI is InChI=1S/C22H22N2O3S/c1-22(2,3)23-20(25)17-15-9-11-27-18(15)16-10-12-28-19(16)21(26)24(17)13-14-7-5-4-6-8-14/h4-12,17H,13H2,1-3H3,(H,23,25). The van der Waals surface area contributed by atoms with E-state index < -0.39 is 11.6 Å². The van der Waals surface area contributed by atoms with Crippen LogP contribution in [0, 0.1) is 0 Å². The van der Waals surface area contributed by atoms with Gasteiger partial charge in [0.15, 0.2) is 0 Å². The van der Waals surface area contributed by atoms with Crippen LogP contribution in [0.2, 0.25) is 0 Å². The summed E-state index contributed by atoms with van der Waals surface area (Å²) >= 11 is 1.37. The van der Waals surface area contributed by atoms with Crippen LogP contribution < -0.4 is 5.32 Å². The lowest BCUT2D eigenvalue weighted by atomic mass is 10.0. The number of benzene rings is 1. The smallest absolute Gasteiger partial charge is 0.265 e. The highest BCUT2D eigenvalue weighted by molar-refractivity contribution is 7.12. The van der Waals surface area contributed by atoms with Crippen molar-refractivity contribution in [3.05, 3.63) is 70.1 Å². The number of amides is 2. The number of carbonyl (C=O) groups excluding carboxylic acids is 2. The maximum Gasteiger partial charge on any atom is 0.265 e. The van der Waals surface area contributed by atoms with Crippen LogP contribution in [0.3, 0.4) is 0 Å². The molecule has 0 aliphatic carbocycles. The van der Waals surface area contributed by atoms with E-state index in [-0.39, 0.29) is 11.8 Å². The molecule has 1 N–H and O–H groups in total. The van der Waals surface area contributed by atoms with E-state index in [1.807, 2.05) is 62.5 Å². The summed E-state index contributed by atoms with van der Waals surface area (Å²) in [6.07, 6.45) is 1.58. The van der Waals surface area contributed by atoms with Crippen molar-refractivity contribution in [3.8, 4) is 11.3 Å². The SMILES string of the molecule is CC(C)(C)NC(=O)C1c2ccoc2-c2ccsc2C(=O)N1Cc1ccccc1. The van der Waals surface area contributed by atoms with Crippen molar-refractivity contribution in [1.29, 1.82) is 0 Å². The van der Waals surface area contributed by atoms with Gasteiger partial charge in [-0.05, 0) is 43.8 Å². The molecule has 3 heterocycles. The zero-order valence-electron chi connectivity index (χ0n) is 16.1. The van der Waals surface area contributed by atoms with Gasteiger partial charge in [-0.2, -0.15) is 0 Å². The third-order valence-electron chi connectivity index (χ3n) is 4.61. The number of fused-ring (bicyclic) bond motifs is 3. The fraction of sp³-hybridized carbons (Fsp3) is 0.273. The summed E-state index contributed by atoms with van der Waals surface area (Å²) in [5, 5.41) is 4.91. The maximum absolute atomic E-state index is 13.5. The number of rotatable bonds is 3. The number of hydrogen-bond donors (Lipinski definition) is 1. The van der Waals surface area contributed by atoms with Crippen LogP contribution >= 0.6 is 11.3 Å². The molecule has 1 aliphatic rings. The number of nitrogens with one attached hydrogen (secondary N) is 1. The normalized spacial score (nSPS) is 16.3. The Kier molecular flexibility index (Phi) is 4.59. The van der Waals surface area contributed by atoms with Crippen LogP contribution in [0.25, 0.3) is 11.3 Å². The zero-order chi connectivity index (χ0) is 19.9. The van der Waals surface area contributed by atoms with E-state index in [1.54, 1.807) is 17.2 Å². The summed E-state index contributed by atoms with van der Waals surface area (Å²) in [6, 6.07) is 12.6. The zero-order valence-corrected chi connectivity index (χ0v) is 16.9. The number of carbonyl (C=O) groups is 2. The molecule has 2 aromatic heterocycles. The number of nitrogens with zero attached hydrogens (tertiary/aromatic N) is 1. The molecule has 0 saturated heterocycles. The topological polar surface area (TPSA) is 62.6 Å². The molecule has 144 valence electrons. The average molecular weight is 394 g/mol. The Morgan fingerprint density at radius 2 is 1.93 bits per heavy atom. The third kappa shape index (κ3) is 3.36. The monoisotopic (exact) mass is 394 g/mol. The molecule has 0 bridgehead atoms. The molecule has 0 saturated carbocycles. The first-order valence-corrected chi connectivity index (χ1v) is 10.1. The van der Waals surface area contributed by atoms with Gasteiger partial charge in [-0.15, -0.1) is 11.3 Å². The fourth-order valence-corrected chi connectivity index (χ4v) is 4.33. The van der Waals surface area contributed by atoms with E-state index in [9.17, 15) is 9.59 Å². The lowest BCUT2D eigenvalue weighted by Gasteiger charge is -2.32. The minimum atomic E-state index is -0.764. The molecule has 0 fully saturated rings. The maximum atomic E-state index is 13.5. The molecule has 1 aliphatic heterocycles. The van der Waals surface area contributed by atoms with Gasteiger partial charge in [-0.1, -0.05) is 30.3 Å². The van der Waals surface area contributed by atoms with Gasteiger partial charge in [0.1, 0.15) is 16.7 Å². The first-order chi connectivity index (χ1) is 13.3. The molecule has 4 rings (SSSR count). The van der Waals surface area contributed by atoms with E-state index >= 15 is 0 Å². The van der Waals surface area contributed by atoms with E-state index in [4.69, 9.17) is 4.42 Å². The highest BCUT2D eigenvalue weighted by Crippen LogP contribution is 2.42. The van der Waals surface area contributed by atoms with Crippen molar-refractivity contribution in [2.75, 3.05) is 0 Å². The first kappa shape index (κ1) is 18.5. The second-order valence-electron chi connectivity index (χ2n) is 7.93. The van der Waals surface area contributed by atoms with Gasteiger partial charge < -0.3 is 14.6 Å². The van der Waals surface area contributed by atoms with Gasteiger partial charge in [0.25, 0.3) is 5.91 Å². The van der Waals surface area contributed by atoms with Crippen LogP contribution in [-0.2, 0) is 11.3 Å². The summed E-state index contributed by atoms with van der Waals surface area (Å²) in [5.74, 6) is 0.220. The Labute approximate surface area is 168 Å². The largest absolute Gasteiger partial charge is 0.464 e. The molecule has 0 radical (unpaired) electrons.